The van der Waals surface area contributed by atoms with Crippen LogP contribution >= 0.6 is 23.2 Å². The molecule has 1 N–H and O–H groups in total. The van der Waals surface area contributed by atoms with Crippen LogP contribution in [0.25, 0.3) is 0 Å². The first-order valence-electron chi connectivity index (χ1n) is 5.10. The van der Waals surface area contributed by atoms with Gasteiger partial charge < -0.3 is 5.32 Å². The summed E-state index contributed by atoms with van der Waals surface area (Å²) in [7, 11) is 0. The van der Waals surface area contributed by atoms with Crippen LogP contribution in [-0.4, -0.2) is 15.0 Å². The van der Waals surface area contributed by atoms with E-state index < -0.39 is 0 Å². The fraction of sp³-hybridized carbons (Fsp3) is 0.182. The first kappa shape index (κ1) is 12.1. The number of rotatable bonds is 3. The highest BCUT2D eigenvalue weighted by atomic mass is 35.5. The third kappa shape index (κ3) is 3.28. The average Bonchev–Trinajstić information content (AvgIpc) is 2.28. The minimum atomic E-state index is 0.182. The molecule has 0 bridgehead atoms. The van der Waals surface area contributed by atoms with Gasteiger partial charge in [0.1, 0.15) is 5.82 Å². The molecule has 0 saturated heterocycles. The Morgan fingerprint density at radius 2 is 2.00 bits per heavy atom. The zero-order chi connectivity index (χ0) is 12.3. The van der Waals surface area contributed by atoms with Crippen molar-refractivity contribution in [2.24, 2.45) is 0 Å². The van der Waals surface area contributed by atoms with Gasteiger partial charge in [-0.15, -0.1) is 0 Å². The van der Waals surface area contributed by atoms with E-state index in [0.717, 1.165) is 5.69 Å². The number of hydrogen-bond donors (Lipinski definition) is 1. The van der Waals surface area contributed by atoms with E-state index in [1.807, 2.05) is 19.1 Å². The maximum Gasteiger partial charge on any atom is 0.231 e. The fourth-order valence-electron chi connectivity index (χ4n) is 1.30. The van der Waals surface area contributed by atoms with Gasteiger partial charge in [-0.1, -0.05) is 24.6 Å². The molecular weight excluding hydrogens is 259 g/mol. The third-order valence-corrected chi connectivity index (χ3v) is 2.46. The Morgan fingerprint density at radius 1 is 1.18 bits per heavy atom. The summed E-state index contributed by atoms with van der Waals surface area (Å²) in [5.41, 5.74) is 0.807. The summed E-state index contributed by atoms with van der Waals surface area (Å²) in [4.78, 5) is 12.2. The van der Waals surface area contributed by atoms with Crippen molar-refractivity contribution in [3.63, 3.8) is 0 Å². The van der Waals surface area contributed by atoms with E-state index in [-0.39, 0.29) is 5.28 Å². The predicted octanol–water partition coefficient (Wildman–Crippen LogP) is 3.48. The molecular formula is C11H10Cl2N4. The molecule has 0 spiro atoms. The van der Waals surface area contributed by atoms with Gasteiger partial charge in [-0.25, -0.2) is 4.98 Å². The normalized spacial score (nSPS) is 10.3. The molecule has 17 heavy (non-hydrogen) atoms. The molecule has 6 heteroatoms. The number of aryl methyl sites for hydroxylation is 1. The zero-order valence-corrected chi connectivity index (χ0v) is 10.6. The molecule has 88 valence electrons. The lowest BCUT2D eigenvalue weighted by molar-refractivity contribution is 0.904. The second-order valence-electron chi connectivity index (χ2n) is 3.33. The summed E-state index contributed by atoms with van der Waals surface area (Å²) < 4.78 is 0. The molecule has 2 rings (SSSR count). The average molecular weight is 269 g/mol. The summed E-state index contributed by atoms with van der Waals surface area (Å²) in [6, 6.07) is 7.29. The lowest BCUT2D eigenvalue weighted by Gasteiger charge is -2.06. The Balaban J connectivity index is 2.26. The number of benzene rings is 1. The molecule has 1 aromatic heterocycles. The topological polar surface area (TPSA) is 50.7 Å². The van der Waals surface area contributed by atoms with E-state index >= 15 is 0 Å². The van der Waals surface area contributed by atoms with Gasteiger partial charge in [0.2, 0.25) is 11.2 Å². The number of nitrogens with zero attached hydrogens (tertiary/aromatic N) is 3. The Morgan fingerprint density at radius 3 is 2.71 bits per heavy atom. The summed E-state index contributed by atoms with van der Waals surface area (Å²) in [5.74, 6) is 1.07. The molecule has 0 amide bonds. The molecule has 4 nitrogen and oxygen atoms in total. The van der Waals surface area contributed by atoms with E-state index in [1.54, 1.807) is 12.1 Å². The van der Waals surface area contributed by atoms with Gasteiger partial charge >= 0.3 is 0 Å². The largest absolute Gasteiger partial charge is 0.324 e. The summed E-state index contributed by atoms with van der Waals surface area (Å²) in [6.45, 7) is 1.95. The lowest BCUT2D eigenvalue weighted by atomic mass is 10.3. The Bertz CT molecular complexity index is 531. The SMILES string of the molecule is CCc1nc(Cl)nc(Nc2cccc(Cl)c2)n1. The quantitative estimate of drug-likeness (QED) is 0.926. The van der Waals surface area contributed by atoms with Crippen LogP contribution in [0.15, 0.2) is 24.3 Å². The molecule has 1 aromatic carbocycles. The van der Waals surface area contributed by atoms with Crippen LogP contribution in [0.3, 0.4) is 0 Å². The summed E-state index contributed by atoms with van der Waals surface area (Å²) in [6.07, 6.45) is 0.701. The second-order valence-corrected chi connectivity index (χ2v) is 4.11. The molecule has 0 aliphatic rings. The third-order valence-electron chi connectivity index (χ3n) is 2.05. The van der Waals surface area contributed by atoms with Gasteiger partial charge in [0.25, 0.3) is 0 Å². The smallest absolute Gasteiger partial charge is 0.231 e. The van der Waals surface area contributed by atoms with E-state index in [2.05, 4.69) is 20.3 Å². The molecule has 0 aliphatic heterocycles. The molecule has 1 heterocycles. The number of anilines is 2. The van der Waals surface area contributed by atoms with Gasteiger partial charge in [0, 0.05) is 17.1 Å². The van der Waals surface area contributed by atoms with Crippen molar-refractivity contribution in [1.29, 1.82) is 0 Å². The van der Waals surface area contributed by atoms with Crippen LogP contribution in [0.5, 0.6) is 0 Å². The number of hydrogen-bond acceptors (Lipinski definition) is 4. The van der Waals surface area contributed by atoms with Crippen molar-refractivity contribution in [3.8, 4) is 0 Å². The number of aromatic nitrogens is 3. The minimum absolute atomic E-state index is 0.182. The molecule has 2 aromatic rings. The van der Waals surface area contributed by atoms with E-state index in [4.69, 9.17) is 23.2 Å². The highest BCUT2D eigenvalue weighted by Gasteiger charge is 2.04. The highest BCUT2D eigenvalue weighted by Crippen LogP contribution is 2.18. The van der Waals surface area contributed by atoms with Crippen molar-refractivity contribution in [1.82, 2.24) is 15.0 Å². The van der Waals surface area contributed by atoms with Gasteiger partial charge in [0.05, 0.1) is 0 Å². The fourth-order valence-corrected chi connectivity index (χ4v) is 1.67. The van der Waals surface area contributed by atoms with Crippen LogP contribution < -0.4 is 5.32 Å². The van der Waals surface area contributed by atoms with Crippen LogP contribution in [0, 0.1) is 0 Å². The second kappa shape index (κ2) is 5.29. The van der Waals surface area contributed by atoms with Crippen LogP contribution in [-0.2, 0) is 6.42 Å². The van der Waals surface area contributed by atoms with Crippen LogP contribution in [0.1, 0.15) is 12.7 Å². The van der Waals surface area contributed by atoms with Crippen molar-refractivity contribution in [3.05, 3.63) is 40.4 Å². The molecule has 0 unspecified atom stereocenters. The molecule has 0 fully saturated rings. The predicted molar refractivity (Wildman–Crippen MR) is 68.9 cm³/mol. The Labute approximate surface area is 109 Å². The lowest BCUT2D eigenvalue weighted by Crippen LogP contribution is -2.02. The minimum Gasteiger partial charge on any atom is -0.324 e. The number of halogens is 2. The highest BCUT2D eigenvalue weighted by molar-refractivity contribution is 6.30. The molecule has 0 saturated carbocycles. The van der Waals surface area contributed by atoms with E-state index in [0.29, 0.717) is 23.2 Å². The zero-order valence-electron chi connectivity index (χ0n) is 9.11. The molecule has 0 radical (unpaired) electrons. The Hall–Kier alpha value is -1.39. The van der Waals surface area contributed by atoms with Crippen molar-refractivity contribution in [2.75, 3.05) is 5.32 Å². The van der Waals surface area contributed by atoms with Gasteiger partial charge in [-0.3, -0.25) is 0 Å². The van der Waals surface area contributed by atoms with Gasteiger partial charge in [-0.2, -0.15) is 9.97 Å². The van der Waals surface area contributed by atoms with Crippen molar-refractivity contribution in [2.45, 2.75) is 13.3 Å². The molecule has 0 aliphatic carbocycles. The summed E-state index contributed by atoms with van der Waals surface area (Å²) >= 11 is 11.7. The summed E-state index contributed by atoms with van der Waals surface area (Å²) in [5, 5.41) is 3.86. The first-order chi connectivity index (χ1) is 8.17. The standard InChI is InChI=1S/C11H10Cl2N4/c1-2-9-15-10(13)17-11(16-9)14-8-5-3-4-7(12)6-8/h3-6H,2H2,1H3,(H,14,15,16,17). The van der Waals surface area contributed by atoms with Crippen LogP contribution in [0.2, 0.25) is 10.3 Å². The van der Waals surface area contributed by atoms with E-state index in [1.165, 1.54) is 0 Å². The van der Waals surface area contributed by atoms with Gasteiger partial charge in [-0.05, 0) is 29.8 Å². The van der Waals surface area contributed by atoms with Crippen molar-refractivity contribution >= 4 is 34.8 Å². The van der Waals surface area contributed by atoms with Crippen LogP contribution in [0.4, 0.5) is 11.6 Å². The first-order valence-corrected chi connectivity index (χ1v) is 5.86. The maximum atomic E-state index is 5.88. The Kier molecular flexibility index (Phi) is 3.76. The number of nitrogens with one attached hydrogen (secondary N) is 1. The monoisotopic (exact) mass is 268 g/mol. The molecule has 0 atom stereocenters. The van der Waals surface area contributed by atoms with E-state index in [9.17, 15) is 0 Å². The maximum absolute atomic E-state index is 5.88. The van der Waals surface area contributed by atoms with Gasteiger partial charge in [0.15, 0.2) is 0 Å². The van der Waals surface area contributed by atoms with Crippen molar-refractivity contribution < 1.29 is 0 Å².